The summed E-state index contributed by atoms with van der Waals surface area (Å²) in [7, 11) is 1.95. The van der Waals surface area contributed by atoms with Crippen molar-refractivity contribution in [3.8, 4) is 0 Å². The zero-order valence-electron chi connectivity index (χ0n) is 12.3. The van der Waals surface area contributed by atoms with Crippen molar-refractivity contribution in [2.75, 3.05) is 12.4 Å². The largest absolute Gasteiger partial charge is 0.345 e. The van der Waals surface area contributed by atoms with E-state index < -0.39 is 0 Å². The van der Waals surface area contributed by atoms with Crippen LogP contribution >= 0.6 is 15.9 Å². The molecule has 0 saturated carbocycles. The minimum absolute atomic E-state index is 0.0345. The van der Waals surface area contributed by atoms with Gasteiger partial charge in [0.05, 0.1) is 0 Å². The van der Waals surface area contributed by atoms with Crippen molar-refractivity contribution in [3.05, 3.63) is 52.8 Å². The lowest BCUT2D eigenvalue weighted by molar-refractivity contribution is -0.116. The minimum atomic E-state index is -0.0345. The molecule has 0 fully saturated rings. The number of nitrogens with zero attached hydrogens (tertiary/aromatic N) is 1. The Morgan fingerprint density at radius 3 is 2.86 bits per heavy atom. The predicted molar refractivity (Wildman–Crippen MR) is 89.3 cm³/mol. The van der Waals surface area contributed by atoms with Gasteiger partial charge >= 0.3 is 0 Å². The molecule has 4 nitrogen and oxygen atoms in total. The van der Waals surface area contributed by atoms with Gasteiger partial charge in [0.25, 0.3) is 0 Å². The summed E-state index contributed by atoms with van der Waals surface area (Å²) in [6, 6.07) is 9.96. The molecule has 2 N–H and O–H groups in total. The standard InChI is InChI=1S/C16H20BrN3O/c1-3-15(18-2)12-7-8-20(10-12)11-16(21)19-14-6-4-5-13(17)9-14/h4-10,15,18H,3,11H2,1-2H3,(H,19,21). The summed E-state index contributed by atoms with van der Waals surface area (Å²) in [5.41, 5.74) is 2.00. The fraction of sp³-hybridized carbons (Fsp3) is 0.312. The van der Waals surface area contributed by atoms with Crippen molar-refractivity contribution in [2.24, 2.45) is 0 Å². The van der Waals surface area contributed by atoms with E-state index in [0.717, 1.165) is 16.6 Å². The second-order valence-electron chi connectivity index (χ2n) is 4.93. The van der Waals surface area contributed by atoms with Gasteiger partial charge in [-0.15, -0.1) is 0 Å². The molecular weight excluding hydrogens is 330 g/mol. The van der Waals surface area contributed by atoms with Gasteiger partial charge in [-0.1, -0.05) is 28.9 Å². The molecule has 1 aromatic carbocycles. The molecule has 0 bridgehead atoms. The maximum absolute atomic E-state index is 12.0. The van der Waals surface area contributed by atoms with Crippen molar-refractivity contribution in [2.45, 2.75) is 25.9 Å². The smallest absolute Gasteiger partial charge is 0.244 e. The Bertz CT molecular complexity index is 605. The summed E-state index contributed by atoms with van der Waals surface area (Å²) in [5, 5.41) is 6.15. The molecule has 0 aliphatic rings. The lowest BCUT2D eigenvalue weighted by Crippen LogP contribution is -2.18. The molecule has 0 saturated heterocycles. The Kier molecular flexibility index (Phi) is 5.59. The SMILES string of the molecule is CCC(NC)c1ccn(CC(=O)Nc2cccc(Br)c2)c1. The first-order valence-corrected chi connectivity index (χ1v) is 7.80. The van der Waals surface area contributed by atoms with Crippen LogP contribution < -0.4 is 10.6 Å². The Morgan fingerprint density at radius 1 is 1.38 bits per heavy atom. The van der Waals surface area contributed by atoms with E-state index in [-0.39, 0.29) is 5.91 Å². The van der Waals surface area contributed by atoms with Crippen LogP contribution in [0.1, 0.15) is 24.9 Å². The number of amides is 1. The van der Waals surface area contributed by atoms with Gasteiger partial charge in [0.2, 0.25) is 5.91 Å². The predicted octanol–water partition coefficient (Wildman–Crippen LogP) is 3.56. The van der Waals surface area contributed by atoms with Gasteiger partial charge in [0, 0.05) is 28.6 Å². The van der Waals surface area contributed by atoms with E-state index >= 15 is 0 Å². The number of halogens is 1. The minimum Gasteiger partial charge on any atom is -0.345 e. The van der Waals surface area contributed by atoms with Gasteiger partial charge in [0.15, 0.2) is 0 Å². The van der Waals surface area contributed by atoms with Crippen LogP contribution in [0.25, 0.3) is 0 Å². The van der Waals surface area contributed by atoms with Crippen LogP contribution in [-0.2, 0) is 11.3 Å². The number of carbonyl (C=O) groups is 1. The molecule has 2 aromatic rings. The molecule has 1 unspecified atom stereocenters. The molecule has 1 aromatic heterocycles. The molecule has 1 atom stereocenters. The van der Waals surface area contributed by atoms with Crippen molar-refractivity contribution < 1.29 is 4.79 Å². The summed E-state index contributed by atoms with van der Waals surface area (Å²) in [6.45, 7) is 2.45. The third-order valence-corrected chi connectivity index (χ3v) is 3.86. The molecule has 1 amide bonds. The van der Waals surface area contributed by atoms with E-state index in [4.69, 9.17) is 0 Å². The third kappa shape index (κ3) is 4.44. The van der Waals surface area contributed by atoms with Crippen LogP contribution in [-0.4, -0.2) is 17.5 Å². The van der Waals surface area contributed by atoms with Gasteiger partial charge in [0.1, 0.15) is 6.54 Å². The summed E-state index contributed by atoms with van der Waals surface area (Å²) in [4.78, 5) is 12.0. The fourth-order valence-electron chi connectivity index (χ4n) is 2.30. The van der Waals surface area contributed by atoms with E-state index in [1.54, 1.807) is 0 Å². The van der Waals surface area contributed by atoms with Crippen molar-refractivity contribution in [1.82, 2.24) is 9.88 Å². The first-order valence-electron chi connectivity index (χ1n) is 7.00. The van der Waals surface area contributed by atoms with Crippen LogP contribution in [0.2, 0.25) is 0 Å². The maximum atomic E-state index is 12.0. The van der Waals surface area contributed by atoms with E-state index in [2.05, 4.69) is 39.6 Å². The third-order valence-electron chi connectivity index (χ3n) is 3.37. The van der Waals surface area contributed by atoms with E-state index in [1.165, 1.54) is 5.56 Å². The number of aromatic nitrogens is 1. The highest BCUT2D eigenvalue weighted by Crippen LogP contribution is 2.17. The summed E-state index contributed by atoms with van der Waals surface area (Å²) >= 11 is 3.39. The Labute approximate surface area is 133 Å². The molecule has 0 radical (unpaired) electrons. The highest BCUT2D eigenvalue weighted by Gasteiger charge is 2.09. The summed E-state index contributed by atoms with van der Waals surface area (Å²) in [5.74, 6) is -0.0345. The van der Waals surface area contributed by atoms with Crippen LogP contribution in [0.15, 0.2) is 47.2 Å². The number of anilines is 1. The zero-order chi connectivity index (χ0) is 15.2. The molecule has 21 heavy (non-hydrogen) atoms. The van der Waals surface area contributed by atoms with E-state index in [0.29, 0.717) is 12.6 Å². The number of hydrogen-bond acceptors (Lipinski definition) is 2. The van der Waals surface area contributed by atoms with Crippen LogP contribution in [0.4, 0.5) is 5.69 Å². The molecule has 2 rings (SSSR count). The molecule has 0 spiro atoms. The van der Waals surface area contributed by atoms with Crippen molar-refractivity contribution in [1.29, 1.82) is 0 Å². The number of nitrogens with one attached hydrogen (secondary N) is 2. The number of carbonyl (C=O) groups excluding carboxylic acids is 1. The second-order valence-corrected chi connectivity index (χ2v) is 5.84. The molecule has 0 aliphatic carbocycles. The van der Waals surface area contributed by atoms with Gasteiger partial charge in [-0.3, -0.25) is 4.79 Å². The monoisotopic (exact) mass is 349 g/mol. The first kappa shape index (κ1) is 15.8. The quantitative estimate of drug-likeness (QED) is 0.837. The lowest BCUT2D eigenvalue weighted by Gasteiger charge is -2.11. The zero-order valence-corrected chi connectivity index (χ0v) is 13.9. The van der Waals surface area contributed by atoms with E-state index in [9.17, 15) is 4.79 Å². The molecule has 5 heteroatoms. The van der Waals surface area contributed by atoms with Gasteiger partial charge in [-0.2, -0.15) is 0 Å². The first-order chi connectivity index (χ1) is 10.1. The normalized spacial score (nSPS) is 12.1. The molecular formula is C16H20BrN3O. The van der Waals surface area contributed by atoms with Crippen LogP contribution in [0.5, 0.6) is 0 Å². The average molecular weight is 350 g/mol. The molecule has 112 valence electrons. The second kappa shape index (κ2) is 7.43. The molecule has 1 heterocycles. The van der Waals surface area contributed by atoms with Crippen LogP contribution in [0.3, 0.4) is 0 Å². The highest BCUT2D eigenvalue weighted by molar-refractivity contribution is 9.10. The Morgan fingerprint density at radius 2 is 2.19 bits per heavy atom. The lowest BCUT2D eigenvalue weighted by atomic mass is 10.1. The van der Waals surface area contributed by atoms with Crippen molar-refractivity contribution in [3.63, 3.8) is 0 Å². The number of benzene rings is 1. The van der Waals surface area contributed by atoms with Crippen LogP contribution in [0, 0.1) is 0 Å². The highest BCUT2D eigenvalue weighted by atomic mass is 79.9. The molecule has 0 aliphatic heterocycles. The fourth-order valence-corrected chi connectivity index (χ4v) is 2.70. The van der Waals surface area contributed by atoms with Gasteiger partial charge in [-0.25, -0.2) is 0 Å². The van der Waals surface area contributed by atoms with Gasteiger partial charge < -0.3 is 15.2 Å². The maximum Gasteiger partial charge on any atom is 0.244 e. The Hall–Kier alpha value is -1.59. The topological polar surface area (TPSA) is 46.1 Å². The summed E-state index contributed by atoms with van der Waals surface area (Å²) < 4.78 is 2.85. The summed E-state index contributed by atoms with van der Waals surface area (Å²) in [6.07, 6.45) is 4.98. The van der Waals surface area contributed by atoms with Gasteiger partial charge in [-0.05, 0) is 43.3 Å². The van der Waals surface area contributed by atoms with Crippen molar-refractivity contribution >= 4 is 27.5 Å². The van der Waals surface area contributed by atoms with E-state index in [1.807, 2.05) is 48.3 Å². The Balaban J connectivity index is 1.97. The number of hydrogen-bond donors (Lipinski definition) is 2. The average Bonchev–Trinajstić information content (AvgIpc) is 2.88. The number of rotatable bonds is 6.